The van der Waals surface area contributed by atoms with Gasteiger partial charge >= 0.3 is 0 Å². The van der Waals surface area contributed by atoms with Gasteiger partial charge in [-0.05, 0) is 24.3 Å². The van der Waals surface area contributed by atoms with Crippen LogP contribution in [-0.4, -0.2) is 43.4 Å². The van der Waals surface area contributed by atoms with E-state index in [0.29, 0.717) is 6.54 Å². The van der Waals surface area contributed by atoms with Gasteiger partial charge in [0.1, 0.15) is 5.82 Å². The van der Waals surface area contributed by atoms with E-state index in [-0.39, 0.29) is 17.0 Å². The average Bonchev–Trinajstić information content (AvgIpc) is 2.39. The summed E-state index contributed by atoms with van der Waals surface area (Å²) in [5.74, 6) is 0.0795. The Morgan fingerprint density at radius 3 is 2.15 bits per heavy atom. The molecular weight excluding hydrogens is 255 g/mol. The molecule has 1 aliphatic rings. The maximum absolute atomic E-state index is 12.9. The Morgan fingerprint density at radius 2 is 1.65 bits per heavy atom. The molecule has 1 aromatic rings. The number of piperazine rings is 1. The van der Waals surface area contributed by atoms with Crippen LogP contribution < -0.4 is 4.90 Å². The summed E-state index contributed by atoms with van der Waals surface area (Å²) in [4.78, 5) is 16.5. The number of carbonyl (C=O) groups excluding carboxylic acids is 1. The van der Waals surface area contributed by atoms with Crippen LogP contribution in [0.1, 0.15) is 20.8 Å². The third kappa shape index (κ3) is 3.79. The van der Waals surface area contributed by atoms with Crippen LogP contribution in [0.15, 0.2) is 24.3 Å². The van der Waals surface area contributed by atoms with Crippen molar-refractivity contribution < 1.29 is 9.18 Å². The highest BCUT2D eigenvalue weighted by Gasteiger charge is 2.25. The Bertz CT molecular complexity index is 456. The number of hydrogen-bond acceptors (Lipinski definition) is 3. The molecule has 4 heteroatoms. The van der Waals surface area contributed by atoms with Crippen LogP contribution in [0.3, 0.4) is 0 Å². The summed E-state index contributed by atoms with van der Waals surface area (Å²) in [5.41, 5.74) is 0.780. The van der Waals surface area contributed by atoms with Gasteiger partial charge in [-0.15, -0.1) is 0 Å². The summed E-state index contributed by atoms with van der Waals surface area (Å²) in [5, 5.41) is 0. The Kier molecular flexibility index (Phi) is 4.43. The van der Waals surface area contributed by atoms with Gasteiger partial charge in [-0.3, -0.25) is 9.69 Å². The smallest absolute Gasteiger partial charge is 0.152 e. The van der Waals surface area contributed by atoms with Crippen molar-refractivity contribution in [2.24, 2.45) is 5.41 Å². The van der Waals surface area contributed by atoms with E-state index in [4.69, 9.17) is 0 Å². The van der Waals surface area contributed by atoms with Crippen molar-refractivity contribution in [1.29, 1.82) is 0 Å². The predicted molar refractivity (Wildman–Crippen MR) is 79.5 cm³/mol. The average molecular weight is 278 g/mol. The van der Waals surface area contributed by atoms with Crippen LogP contribution in [0.5, 0.6) is 0 Å². The minimum Gasteiger partial charge on any atom is -0.369 e. The van der Waals surface area contributed by atoms with Crippen molar-refractivity contribution in [3.05, 3.63) is 30.1 Å². The normalized spacial score (nSPS) is 17.3. The fourth-order valence-corrected chi connectivity index (χ4v) is 2.26. The number of carbonyl (C=O) groups is 1. The van der Waals surface area contributed by atoms with E-state index >= 15 is 0 Å². The van der Waals surface area contributed by atoms with Crippen LogP contribution in [0, 0.1) is 11.2 Å². The van der Waals surface area contributed by atoms with E-state index in [1.807, 2.05) is 32.9 Å². The maximum Gasteiger partial charge on any atom is 0.152 e. The minimum atomic E-state index is -0.270. The van der Waals surface area contributed by atoms with Crippen molar-refractivity contribution in [3.8, 4) is 0 Å². The van der Waals surface area contributed by atoms with Crippen LogP contribution >= 0.6 is 0 Å². The zero-order valence-electron chi connectivity index (χ0n) is 12.5. The largest absolute Gasteiger partial charge is 0.369 e. The third-order valence-corrected chi connectivity index (χ3v) is 3.77. The zero-order valence-corrected chi connectivity index (χ0v) is 12.5. The number of benzene rings is 1. The molecule has 1 aromatic carbocycles. The molecule has 1 saturated heterocycles. The molecule has 0 saturated carbocycles. The molecule has 0 N–H and O–H groups in total. The van der Waals surface area contributed by atoms with Crippen molar-refractivity contribution in [1.82, 2.24) is 4.90 Å². The van der Waals surface area contributed by atoms with Gasteiger partial charge < -0.3 is 4.90 Å². The molecule has 20 heavy (non-hydrogen) atoms. The summed E-state index contributed by atoms with van der Waals surface area (Å²) >= 11 is 0. The minimum absolute atomic E-state index is 0.205. The second kappa shape index (κ2) is 5.92. The van der Waals surface area contributed by atoms with E-state index < -0.39 is 0 Å². The number of hydrogen-bond donors (Lipinski definition) is 0. The first-order valence-corrected chi connectivity index (χ1v) is 7.12. The molecule has 1 aliphatic heterocycles. The van der Waals surface area contributed by atoms with Gasteiger partial charge in [0, 0.05) is 37.3 Å². The monoisotopic (exact) mass is 278 g/mol. The van der Waals surface area contributed by atoms with Crippen LogP contribution in [0.2, 0.25) is 0 Å². The van der Waals surface area contributed by atoms with E-state index in [0.717, 1.165) is 31.9 Å². The standard InChI is InChI=1S/C16H23FN2O/c1-16(2,3)15(20)12-18-8-10-19(11-9-18)14-6-4-13(17)5-7-14/h4-7H,8-12H2,1-3H3. The maximum atomic E-state index is 12.9. The van der Waals surface area contributed by atoms with Crippen LogP contribution in [-0.2, 0) is 4.79 Å². The number of rotatable bonds is 3. The van der Waals surface area contributed by atoms with Gasteiger partial charge in [-0.25, -0.2) is 4.39 Å². The molecule has 0 aromatic heterocycles. The van der Waals surface area contributed by atoms with E-state index in [9.17, 15) is 9.18 Å². The van der Waals surface area contributed by atoms with Gasteiger partial charge in [0.05, 0.1) is 6.54 Å². The summed E-state index contributed by atoms with van der Waals surface area (Å²) in [7, 11) is 0. The Labute approximate surface area is 120 Å². The fraction of sp³-hybridized carbons (Fsp3) is 0.562. The second-order valence-electron chi connectivity index (χ2n) is 6.41. The SMILES string of the molecule is CC(C)(C)C(=O)CN1CCN(c2ccc(F)cc2)CC1. The van der Waals surface area contributed by atoms with E-state index in [1.165, 1.54) is 12.1 Å². The number of Topliss-reactive ketones (excluding diaryl/α,β-unsaturated/α-hetero) is 1. The lowest BCUT2D eigenvalue weighted by molar-refractivity contribution is -0.127. The summed E-state index contributed by atoms with van der Waals surface area (Å²) in [6.07, 6.45) is 0. The van der Waals surface area contributed by atoms with Gasteiger partial charge in [0.2, 0.25) is 0 Å². The van der Waals surface area contributed by atoms with Crippen molar-refractivity contribution in [2.75, 3.05) is 37.6 Å². The molecular formula is C16H23FN2O. The van der Waals surface area contributed by atoms with Gasteiger partial charge in [0.15, 0.2) is 5.78 Å². The van der Waals surface area contributed by atoms with Crippen LogP contribution in [0.4, 0.5) is 10.1 Å². The highest BCUT2D eigenvalue weighted by molar-refractivity contribution is 5.85. The summed E-state index contributed by atoms with van der Waals surface area (Å²) < 4.78 is 12.9. The fourth-order valence-electron chi connectivity index (χ4n) is 2.26. The Hall–Kier alpha value is -1.42. The first-order valence-electron chi connectivity index (χ1n) is 7.12. The molecule has 110 valence electrons. The molecule has 0 bridgehead atoms. The van der Waals surface area contributed by atoms with Crippen LogP contribution in [0.25, 0.3) is 0 Å². The van der Waals surface area contributed by atoms with E-state index in [2.05, 4.69) is 9.80 Å². The molecule has 0 spiro atoms. The number of halogens is 1. The van der Waals surface area contributed by atoms with Crippen molar-refractivity contribution in [3.63, 3.8) is 0 Å². The molecule has 0 unspecified atom stereocenters. The molecule has 3 nitrogen and oxygen atoms in total. The van der Waals surface area contributed by atoms with Crippen molar-refractivity contribution in [2.45, 2.75) is 20.8 Å². The second-order valence-corrected chi connectivity index (χ2v) is 6.41. The first kappa shape index (κ1) is 15.0. The zero-order chi connectivity index (χ0) is 14.8. The van der Waals surface area contributed by atoms with Gasteiger partial charge in [-0.2, -0.15) is 0 Å². The summed E-state index contributed by atoms with van der Waals surface area (Å²) in [6, 6.07) is 6.60. The first-order chi connectivity index (χ1) is 9.36. The van der Waals surface area contributed by atoms with Gasteiger partial charge in [0.25, 0.3) is 0 Å². The summed E-state index contributed by atoms with van der Waals surface area (Å²) in [6.45, 7) is 9.92. The Morgan fingerprint density at radius 1 is 1.10 bits per heavy atom. The number of ketones is 1. The molecule has 2 rings (SSSR count). The molecule has 1 fully saturated rings. The molecule has 0 atom stereocenters. The number of anilines is 1. The highest BCUT2D eigenvalue weighted by atomic mass is 19.1. The molecule has 0 aliphatic carbocycles. The quantitative estimate of drug-likeness (QED) is 0.849. The lowest BCUT2D eigenvalue weighted by atomic mass is 9.90. The predicted octanol–water partition coefficient (Wildman–Crippen LogP) is 2.56. The third-order valence-electron chi connectivity index (χ3n) is 3.77. The van der Waals surface area contributed by atoms with Crippen molar-refractivity contribution >= 4 is 11.5 Å². The highest BCUT2D eigenvalue weighted by Crippen LogP contribution is 2.19. The van der Waals surface area contributed by atoms with Gasteiger partial charge in [-0.1, -0.05) is 20.8 Å². The van der Waals surface area contributed by atoms with E-state index in [1.54, 1.807) is 0 Å². The lowest BCUT2D eigenvalue weighted by Gasteiger charge is -2.36. The molecule has 0 radical (unpaired) electrons. The molecule has 1 heterocycles. The number of nitrogens with zero attached hydrogens (tertiary/aromatic N) is 2. The molecule has 0 amide bonds. The topological polar surface area (TPSA) is 23.6 Å². The Balaban J connectivity index is 1.86. The lowest BCUT2D eigenvalue weighted by Crippen LogP contribution is -2.49.